The predicted molar refractivity (Wildman–Crippen MR) is 121 cm³/mol. The number of hydrogen-bond donors (Lipinski definition) is 2. The second-order valence-electron chi connectivity index (χ2n) is 6.46. The highest BCUT2D eigenvalue weighted by Crippen LogP contribution is 2.31. The van der Waals surface area contributed by atoms with Gasteiger partial charge in [-0.25, -0.2) is 0 Å². The van der Waals surface area contributed by atoms with Gasteiger partial charge in [-0.15, -0.1) is 24.0 Å². The maximum atomic E-state index is 5.15. The van der Waals surface area contributed by atoms with Crippen molar-refractivity contribution in [2.75, 3.05) is 19.6 Å². The van der Waals surface area contributed by atoms with Gasteiger partial charge in [-0.05, 0) is 32.3 Å². The fourth-order valence-electron chi connectivity index (χ4n) is 3.07. The normalized spacial score (nSPS) is 11.8. The van der Waals surface area contributed by atoms with E-state index in [1.807, 2.05) is 6.92 Å². The maximum absolute atomic E-state index is 5.15. The van der Waals surface area contributed by atoms with Crippen LogP contribution in [0.4, 0.5) is 0 Å². The lowest BCUT2D eigenvalue weighted by Gasteiger charge is -2.31. The van der Waals surface area contributed by atoms with Crippen molar-refractivity contribution in [2.45, 2.75) is 52.4 Å². The molecule has 0 aliphatic rings. The SMILES string of the molecule is CCNC(=NCC(CC)(CC)c1ccccc1)NCCc1nc(C)no1.I. The van der Waals surface area contributed by atoms with E-state index in [1.165, 1.54) is 5.56 Å². The van der Waals surface area contributed by atoms with Crippen LogP contribution in [-0.2, 0) is 11.8 Å². The molecule has 0 aliphatic heterocycles. The van der Waals surface area contributed by atoms with Crippen LogP contribution in [0.3, 0.4) is 0 Å². The Labute approximate surface area is 179 Å². The van der Waals surface area contributed by atoms with Gasteiger partial charge in [0.2, 0.25) is 5.89 Å². The van der Waals surface area contributed by atoms with E-state index in [0.29, 0.717) is 24.7 Å². The fraction of sp³-hybridized carbons (Fsp3) is 0.550. The molecular weight excluding hydrogens is 453 g/mol. The zero-order valence-electron chi connectivity index (χ0n) is 16.8. The van der Waals surface area contributed by atoms with Gasteiger partial charge in [0.05, 0.1) is 6.54 Å². The molecule has 1 aromatic carbocycles. The first-order chi connectivity index (χ1) is 12.6. The molecule has 150 valence electrons. The van der Waals surface area contributed by atoms with Crippen LogP contribution in [0.2, 0.25) is 0 Å². The lowest BCUT2D eigenvalue weighted by Crippen LogP contribution is -2.40. The summed E-state index contributed by atoms with van der Waals surface area (Å²) >= 11 is 0. The number of aliphatic imine (C=N–C) groups is 1. The van der Waals surface area contributed by atoms with Gasteiger partial charge in [0.1, 0.15) is 0 Å². The molecule has 0 saturated carbocycles. The summed E-state index contributed by atoms with van der Waals surface area (Å²) < 4.78 is 5.15. The Morgan fingerprint density at radius 3 is 2.37 bits per heavy atom. The lowest BCUT2D eigenvalue weighted by molar-refractivity contribution is 0.374. The molecule has 0 spiro atoms. The molecule has 0 radical (unpaired) electrons. The third-order valence-electron chi connectivity index (χ3n) is 4.82. The zero-order chi connectivity index (χ0) is 18.8. The molecule has 0 unspecified atom stereocenters. The summed E-state index contributed by atoms with van der Waals surface area (Å²) in [7, 11) is 0. The topological polar surface area (TPSA) is 75.3 Å². The number of hydrogen-bond acceptors (Lipinski definition) is 4. The van der Waals surface area contributed by atoms with Gasteiger partial charge in [0.25, 0.3) is 0 Å². The standard InChI is InChI=1S/C20H31N5O.HI/c1-5-20(6-2,17-11-9-8-10-12-17)15-23-19(21-7-3)22-14-13-18-24-16(4)25-26-18;/h8-12H,5-7,13-15H2,1-4H3,(H2,21,22,23);1H. The molecule has 0 amide bonds. The van der Waals surface area contributed by atoms with Crippen molar-refractivity contribution in [3.8, 4) is 0 Å². The minimum absolute atomic E-state index is 0. The van der Waals surface area contributed by atoms with Crippen molar-refractivity contribution >= 4 is 29.9 Å². The summed E-state index contributed by atoms with van der Waals surface area (Å²) in [6.07, 6.45) is 2.78. The van der Waals surface area contributed by atoms with Gasteiger partial charge in [-0.3, -0.25) is 4.99 Å². The second-order valence-corrected chi connectivity index (χ2v) is 6.46. The summed E-state index contributed by atoms with van der Waals surface area (Å²) in [5, 5.41) is 10.5. The third kappa shape index (κ3) is 6.79. The Balaban J connectivity index is 0.00000364. The van der Waals surface area contributed by atoms with Gasteiger partial charge >= 0.3 is 0 Å². The summed E-state index contributed by atoms with van der Waals surface area (Å²) in [4.78, 5) is 9.10. The van der Waals surface area contributed by atoms with Crippen LogP contribution in [0, 0.1) is 6.92 Å². The van der Waals surface area contributed by atoms with E-state index in [-0.39, 0.29) is 29.4 Å². The molecule has 0 aliphatic carbocycles. The van der Waals surface area contributed by atoms with Crippen LogP contribution >= 0.6 is 24.0 Å². The number of nitrogens with zero attached hydrogens (tertiary/aromatic N) is 3. The van der Waals surface area contributed by atoms with Gasteiger partial charge < -0.3 is 15.2 Å². The van der Waals surface area contributed by atoms with Crippen LogP contribution < -0.4 is 10.6 Å². The van der Waals surface area contributed by atoms with Crippen LogP contribution in [0.15, 0.2) is 39.8 Å². The van der Waals surface area contributed by atoms with E-state index in [9.17, 15) is 0 Å². The fourth-order valence-corrected chi connectivity index (χ4v) is 3.07. The minimum atomic E-state index is 0. The number of aromatic nitrogens is 2. The Bertz CT molecular complexity index is 683. The third-order valence-corrected chi connectivity index (χ3v) is 4.82. The van der Waals surface area contributed by atoms with E-state index < -0.39 is 0 Å². The van der Waals surface area contributed by atoms with Crippen molar-refractivity contribution in [1.82, 2.24) is 20.8 Å². The second kappa shape index (κ2) is 11.9. The first-order valence-corrected chi connectivity index (χ1v) is 9.50. The first kappa shape index (κ1) is 23.4. The quantitative estimate of drug-likeness (QED) is 0.321. The van der Waals surface area contributed by atoms with Gasteiger partial charge in [-0.1, -0.05) is 49.3 Å². The molecule has 1 aromatic heterocycles. The molecule has 2 N–H and O–H groups in total. The molecule has 7 heteroatoms. The number of guanidine groups is 1. The van der Waals surface area contributed by atoms with E-state index in [2.05, 4.69) is 71.9 Å². The van der Waals surface area contributed by atoms with Gasteiger partial charge in [0.15, 0.2) is 11.8 Å². The maximum Gasteiger partial charge on any atom is 0.228 e. The summed E-state index contributed by atoms with van der Waals surface area (Å²) in [6, 6.07) is 10.7. The van der Waals surface area contributed by atoms with Crippen molar-refractivity contribution in [3.63, 3.8) is 0 Å². The molecular formula is C20H32IN5O. The summed E-state index contributed by atoms with van der Waals surface area (Å²) in [5.74, 6) is 2.14. The monoisotopic (exact) mass is 485 g/mol. The molecule has 0 atom stereocenters. The van der Waals surface area contributed by atoms with E-state index in [4.69, 9.17) is 9.52 Å². The molecule has 2 aromatic rings. The van der Waals surface area contributed by atoms with Crippen molar-refractivity contribution in [2.24, 2.45) is 4.99 Å². The molecule has 0 fully saturated rings. The average Bonchev–Trinajstić information content (AvgIpc) is 3.09. The molecule has 0 saturated heterocycles. The minimum Gasteiger partial charge on any atom is -0.357 e. The number of halogens is 1. The molecule has 1 heterocycles. The Hall–Kier alpha value is -1.64. The zero-order valence-corrected chi connectivity index (χ0v) is 19.1. The molecule has 0 bridgehead atoms. The molecule has 27 heavy (non-hydrogen) atoms. The highest BCUT2D eigenvalue weighted by Gasteiger charge is 2.28. The van der Waals surface area contributed by atoms with Gasteiger partial charge in [0, 0.05) is 24.9 Å². The van der Waals surface area contributed by atoms with Crippen LogP contribution in [0.25, 0.3) is 0 Å². The van der Waals surface area contributed by atoms with Crippen molar-refractivity contribution in [3.05, 3.63) is 47.6 Å². The van der Waals surface area contributed by atoms with Gasteiger partial charge in [-0.2, -0.15) is 4.98 Å². The largest absolute Gasteiger partial charge is 0.357 e. The van der Waals surface area contributed by atoms with E-state index in [1.54, 1.807) is 0 Å². The number of aryl methyl sites for hydroxylation is 1. The lowest BCUT2D eigenvalue weighted by atomic mass is 9.76. The van der Waals surface area contributed by atoms with Crippen LogP contribution in [-0.4, -0.2) is 35.7 Å². The number of nitrogens with one attached hydrogen (secondary N) is 2. The predicted octanol–water partition coefficient (Wildman–Crippen LogP) is 3.85. The molecule has 6 nitrogen and oxygen atoms in total. The summed E-state index contributed by atoms with van der Waals surface area (Å²) in [6.45, 7) is 10.6. The first-order valence-electron chi connectivity index (χ1n) is 9.50. The number of rotatable bonds is 9. The average molecular weight is 485 g/mol. The van der Waals surface area contributed by atoms with E-state index in [0.717, 1.165) is 31.9 Å². The van der Waals surface area contributed by atoms with Crippen molar-refractivity contribution < 1.29 is 4.52 Å². The Morgan fingerprint density at radius 1 is 1.11 bits per heavy atom. The van der Waals surface area contributed by atoms with Crippen LogP contribution in [0.1, 0.15) is 50.9 Å². The highest BCUT2D eigenvalue weighted by atomic mass is 127. The molecule has 2 rings (SSSR count). The van der Waals surface area contributed by atoms with Crippen LogP contribution in [0.5, 0.6) is 0 Å². The highest BCUT2D eigenvalue weighted by molar-refractivity contribution is 14.0. The summed E-state index contributed by atoms with van der Waals surface area (Å²) in [5.41, 5.74) is 1.42. The Morgan fingerprint density at radius 2 is 1.81 bits per heavy atom. The number of benzene rings is 1. The Kier molecular flexibility index (Phi) is 10.4. The van der Waals surface area contributed by atoms with Crippen molar-refractivity contribution in [1.29, 1.82) is 0 Å². The van der Waals surface area contributed by atoms with E-state index >= 15 is 0 Å². The smallest absolute Gasteiger partial charge is 0.228 e.